The first-order valence-electron chi connectivity index (χ1n) is 6.01. The highest BCUT2D eigenvalue weighted by atomic mass is 32.1. The van der Waals surface area contributed by atoms with Crippen LogP contribution in [0.3, 0.4) is 0 Å². The molecular formula is C13H16N2O2S. The molecule has 0 spiro atoms. The molecule has 2 aromatic rings. The van der Waals surface area contributed by atoms with Gasteiger partial charge in [0.05, 0.1) is 18.4 Å². The van der Waals surface area contributed by atoms with Crippen molar-refractivity contribution in [3.05, 3.63) is 40.7 Å². The number of carbonyl (C=O) groups excluding carboxylic acids is 1. The van der Waals surface area contributed by atoms with Crippen molar-refractivity contribution < 1.29 is 9.21 Å². The summed E-state index contributed by atoms with van der Waals surface area (Å²) >= 11 is 1.57. The van der Waals surface area contributed by atoms with Gasteiger partial charge in [0.2, 0.25) is 0 Å². The Hall–Kier alpha value is -1.62. The molecule has 0 saturated heterocycles. The molecule has 2 heterocycles. The fraction of sp³-hybridized carbons (Fsp3) is 0.385. The summed E-state index contributed by atoms with van der Waals surface area (Å²) < 4.78 is 4.96. The van der Waals surface area contributed by atoms with Crippen molar-refractivity contribution in [2.75, 3.05) is 6.54 Å². The Morgan fingerprint density at radius 2 is 2.44 bits per heavy atom. The van der Waals surface area contributed by atoms with E-state index in [0.29, 0.717) is 12.1 Å². The molecule has 0 unspecified atom stereocenters. The van der Waals surface area contributed by atoms with Crippen molar-refractivity contribution in [2.24, 2.45) is 0 Å². The van der Waals surface area contributed by atoms with Crippen molar-refractivity contribution in [2.45, 2.75) is 26.3 Å². The van der Waals surface area contributed by atoms with Crippen LogP contribution in [0.1, 0.15) is 35.1 Å². The second-order valence-corrected chi connectivity index (χ2v) is 5.00. The summed E-state index contributed by atoms with van der Waals surface area (Å²) in [4.78, 5) is 18.3. The quantitative estimate of drug-likeness (QED) is 0.805. The van der Waals surface area contributed by atoms with Crippen LogP contribution in [0.2, 0.25) is 0 Å². The van der Waals surface area contributed by atoms with E-state index in [1.807, 2.05) is 10.3 Å². The Bertz CT molecular complexity index is 465. The van der Waals surface area contributed by atoms with Crippen LogP contribution >= 0.6 is 11.3 Å². The van der Waals surface area contributed by atoms with Gasteiger partial charge >= 0.3 is 0 Å². The summed E-state index contributed by atoms with van der Waals surface area (Å²) in [7, 11) is 0. The van der Waals surface area contributed by atoms with Crippen LogP contribution in [-0.2, 0) is 6.54 Å². The first-order chi connectivity index (χ1) is 8.81. The maximum absolute atomic E-state index is 12.3. The molecule has 0 atom stereocenters. The lowest BCUT2D eigenvalue weighted by molar-refractivity contribution is 0.0740. The molecular weight excluding hydrogens is 248 g/mol. The number of hydrogen-bond acceptors (Lipinski definition) is 4. The summed E-state index contributed by atoms with van der Waals surface area (Å²) in [5.74, 6) is 0.00685. The van der Waals surface area contributed by atoms with E-state index < -0.39 is 0 Å². The van der Waals surface area contributed by atoms with Crippen LogP contribution in [-0.4, -0.2) is 22.3 Å². The lowest BCUT2D eigenvalue weighted by Crippen LogP contribution is -2.31. The van der Waals surface area contributed by atoms with Gasteiger partial charge < -0.3 is 9.32 Å². The van der Waals surface area contributed by atoms with Gasteiger partial charge in [0, 0.05) is 18.1 Å². The third kappa shape index (κ3) is 3.20. The second-order valence-electron chi connectivity index (χ2n) is 4.02. The first kappa shape index (κ1) is 12.8. The smallest absolute Gasteiger partial charge is 0.257 e. The summed E-state index contributed by atoms with van der Waals surface area (Å²) in [6, 6.07) is 1.70. The van der Waals surface area contributed by atoms with Crippen LogP contribution in [0.4, 0.5) is 0 Å². The average molecular weight is 264 g/mol. The van der Waals surface area contributed by atoms with E-state index in [1.54, 1.807) is 23.6 Å². The van der Waals surface area contributed by atoms with Crippen LogP contribution in [0.25, 0.3) is 0 Å². The topological polar surface area (TPSA) is 46.3 Å². The fourth-order valence-electron chi connectivity index (χ4n) is 1.66. The number of hydrogen-bond donors (Lipinski definition) is 0. The number of thiazole rings is 1. The van der Waals surface area contributed by atoms with Crippen LogP contribution in [0.15, 0.2) is 34.6 Å². The Labute approximate surface area is 110 Å². The SMILES string of the molecule is CCCCN(Cc1nccs1)C(=O)c1ccoc1. The Morgan fingerprint density at radius 1 is 1.56 bits per heavy atom. The highest BCUT2D eigenvalue weighted by molar-refractivity contribution is 7.09. The van der Waals surface area contributed by atoms with Crippen LogP contribution in [0, 0.1) is 0 Å². The van der Waals surface area contributed by atoms with Crippen LogP contribution in [0.5, 0.6) is 0 Å². The summed E-state index contributed by atoms with van der Waals surface area (Å²) in [6.07, 6.45) is 6.83. The minimum atomic E-state index is 0.00685. The van der Waals surface area contributed by atoms with E-state index in [0.717, 1.165) is 24.4 Å². The highest BCUT2D eigenvalue weighted by Crippen LogP contribution is 2.13. The number of carbonyl (C=O) groups is 1. The molecule has 0 N–H and O–H groups in total. The van der Waals surface area contributed by atoms with E-state index >= 15 is 0 Å². The number of aromatic nitrogens is 1. The number of amides is 1. The predicted molar refractivity (Wildman–Crippen MR) is 70.5 cm³/mol. The largest absolute Gasteiger partial charge is 0.472 e. The lowest BCUT2D eigenvalue weighted by atomic mass is 10.2. The molecule has 0 bridgehead atoms. The molecule has 0 aliphatic rings. The van der Waals surface area contributed by atoms with Crippen LogP contribution < -0.4 is 0 Å². The number of furan rings is 1. The third-order valence-electron chi connectivity index (χ3n) is 2.65. The van der Waals surface area contributed by atoms with Gasteiger partial charge in [-0.25, -0.2) is 4.98 Å². The van der Waals surface area contributed by atoms with Crippen molar-refractivity contribution in [1.82, 2.24) is 9.88 Å². The Balaban J connectivity index is 2.07. The maximum atomic E-state index is 12.3. The molecule has 0 fully saturated rings. The van der Waals surface area contributed by atoms with E-state index in [4.69, 9.17) is 4.42 Å². The zero-order chi connectivity index (χ0) is 12.8. The molecule has 96 valence electrons. The Morgan fingerprint density at radius 3 is 3.06 bits per heavy atom. The Kier molecular flexibility index (Phi) is 4.52. The average Bonchev–Trinajstić information content (AvgIpc) is 3.06. The first-order valence-corrected chi connectivity index (χ1v) is 6.89. The molecule has 2 rings (SSSR count). The van der Waals surface area contributed by atoms with Gasteiger partial charge in [-0.3, -0.25) is 4.79 Å². The van der Waals surface area contributed by atoms with Gasteiger partial charge in [-0.2, -0.15) is 0 Å². The number of rotatable bonds is 6. The molecule has 5 heteroatoms. The van der Waals surface area contributed by atoms with E-state index in [-0.39, 0.29) is 5.91 Å². The maximum Gasteiger partial charge on any atom is 0.257 e. The zero-order valence-corrected chi connectivity index (χ0v) is 11.2. The summed E-state index contributed by atoms with van der Waals surface area (Å²) in [5.41, 5.74) is 0.600. The van der Waals surface area contributed by atoms with Gasteiger partial charge in [-0.15, -0.1) is 11.3 Å². The van der Waals surface area contributed by atoms with E-state index in [9.17, 15) is 4.79 Å². The molecule has 4 nitrogen and oxygen atoms in total. The lowest BCUT2D eigenvalue weighted by Gasteiger charge is -2.20. The van der Waals surface area contributed by atoms with E-state index in [1.165, 1.54) is 12.5 Å². The van der Waals surface area contributed by atoms with Crippen molar-refractivity contribution >= 4 is 17.2 Å². The van der Waals surface area contributed by atoms with Gasteiger partial charge in [-0.1, -0.05) is 13.3 Å². The molecule has 2 aromatic heterocycles. The minimum Gasteiger partial charge on any atom is -0.472 e. The minimum absolute atomic E-state index is 0.00685. The fourth-order valence-corrected chi connectivity index (χ4v) is 2.30. The van der Waals surface area contributed by atoms with Crippen molar-refractivity contribution in [1.29, 1.82) is 0 Å². The molecule has 0 saturated carbocycles. The van der Waals surface area contributed by atoms with Gasteiger partial charge in [-0.05, 0) is 12.5 Å². The summed E-state index contributed by atoms with van der Waals surface area (Å²) in [5, 5.41) is 2.89. The molecule has 0 radical (unpaired) electrons. The summed E-state index contributed by atoms with van der Waals surface area (Å²) in [6.45, 7) is 3.44. The molecule has 1 amide bonds. The molecule has 0 aliphatic heterocycles. The normalized spacial score (nSPS) is 10.5. The standard InChI is InChI=1S/C13H16N2O2S/c1-2-3-6-15(9-12-14-5-8-18-12)13(16)11-4-7-17-10-11/h4-5,7-8,10H,2-3,6,9H2,1H3. The second kappa shape index (κ2) is 6.35. The van der Waals surface area contributed by atoms with Crippen molar-refractivity contribution in [3.63, 3.8) is 0 Å². The predicted octanol–water partition coefficient (Wildman–Crippen LogP) is 3.18. The number of unbranched alkanes of at least 4 members (excludes halogenated alkanes) is 1. The molecule has 0 aromatic carbocycles. The van der Waals surface area contributed by atoms with Gasteiger partial charge in [0.1, 0.15) is 11.3 Å². The zero-order valence-electron chi connectivity index (χ0n) is 10.3. The third-order valence-corrected chi connectivity index (χ3v) is 3.41. The number of nitrogens with zero attached hydrogens (tertiary/aromatic N) is 2. The van der Waals surface area contributed by atoms with Gasteiger partial charge in [0.15, 0.2) is 0 Å². The van der Waals surface area contributed by atoms with Crippen molar-refractivity contribution in [3.8, 4) is 0 Å². The monoisotopic (exact) mass is 264 g/mol. The van der Waals surface area contributed by atoms with Gasteiger partial charge in [0.25, 0.3) is 5.91 Å². The van der Waals surface area contributed by atoms with E-state index in [2.05, 4.69) is 11.9 Å². The molecule has 0 aliphatic carbocycles. The molecule has 18 heavy (non-hydrogen) atoms. The highest BCUT2D eigenvalue weighted by Gasteiger charge is 2.17.